The van der Waals surface area contributed by atoms with E-state index in [4.69, 9.17) is 14.7 Å². The van der Waals surface area contributed by atoms with Crippen molar-refractivity contribution in [2.45, 2.75) is 25.4 Å². The first kappa shape index (κ1) is 23.0. The van der Waals surface area contributed by atoms with E-state index in [-0.39, 0.29) is 30.5 Å². The Morgan fingerprint density at radius 1 is 1.06 bits per heavy atom. The lowest BCUT2D eigenvalue weighted by Crippen LogP contribution is -2.41. The molecule has 2 amide bonds. The Hall–Kier alpha value is -3.75. The summed E-state index contributed by atoms with van der Waals surface area (Å²) in [4.78, 5) is 39.8. The molecule has 3 aromatic rings. The fourth-order valence-corrected chi connectivity index (χ4v) is 4.98. The molecule has 1 fully saturated rings. The predicted molar refractivity (Wildman–Crippen MR) is 127 cm³/mol. The van der Waals surface area contributed by atoms with Crippen molar-refractivity contribution in [1.29, 1.82) is 0 Å². The number of ether oxygens (including phenoxy) is 2. The zero-order valence-corrected chi connectivity index (χ0v) is 19.1. The van der Waals surface area contributed by atoms with Crippen LogP contribution in [0.15, 0.2) is 54.6 Å². The Morgan fingerprint density at radius 3 is 2.63 bits per heavy atom. The molecular weight excluding hydrogens is 448 g/mol. The van der Waals surface area contributed by atoms with Crippen molar-refractivity contribution in [1.82, 2.24) is 10.4 Å². The Kier molecular flexibility index (Phi) is 6.48. The van der Waals surface area contributed by atoms with Crippen molar-refractivity contribution in [3.63, 3.8) is 0 Å². The molecule has 0 saturated carbocycles. The molecular formula is C27H26N2O6. The highest BCUT2D eigenvalue weighted by atomic mass is 16.5. The maximum absolute atomic E-state index is 13.8. The van der Waals surface area contributed by atoms with E-state index in [9.17, 15) is 14.4 Å². The largest absolute Gasteiger partial charge is 0.491 e. The van der Waals surface area contributed by atoms with Gasteiger partial charge >= 0.3 is 0 Å². The van der Waals surface area contributed by atoms with E-state index in [1.807, 2.05) is 36.4 Å². The van der Waals surface area contributed by atoms with Gasteiger partial charge in [-0.05, 0) is 41.3 Å². The Morgan fingerprint density at radius 2 is 1.86 bits per heavy atom. The van der Waals surface area contributed by atoms with Gasteiger partial charge in [-0.2, -0.15) is 0 Å². The van der Waals surface area contributed by atoms with Gasteiger partial charge in [0.2, 0.25) is 5.91 Å². The number of carbonyl (C=O) groups excluding carboxylic acids is 3. The van der Waals surface area contributed by atoms with Gasteiger partial charge in [0, 0.05) is 35.8 Å². The number of nitrogens with one attached hydrogen (secondary N) is 1. The van der Waals surface area contributed by atoms with Crippen LogP contribution in [-0.2, 0) is 16.1 Å². The van der Waals surface area contributed by atoms with Gasteiger partial charge in [-0.15, -0.1) is 0 Å². The average molecular weight is 475 g/mol. The van der Waals surface area contributed by atoms with E-state index in [0.717, 1.165) is 28.2 Å². The van der Waals surface area contributed by atoms with Crippen LogP contribution in [0.25, 0.3) is 10.8 Å². The monoisotopic (exact) mass is 474 g/mol. The number of fused-ring (bicyclic) bond motifs is 2. The summed E-state index contributed by atoms with van der Waals surface area (Å²) in [5.74, 6) is -0.360. The van der Waals surface area contributed by atoms with Crippen LogP contribution in [0, 0.1) is 5.92 Å². The highest BCUT2D eigenvalue weighted by Crippen LogP contribution is 2.37. The van der Waals surface area contributed by atoms with E-state index in [1.54, 1.807) is 28.6 Å². The van der Waals surface area contributed by atoms with Crippen molar-refractivity contribution >= 4 is 28.9 Å². The number of benzene rings is 3. The minimum atomic E-state index is -0.648. The van der Waals surface area contributed by atoms with Crippen LogP contribution >= 0.6 is 0 Å². The number of hydroxylamine groups is 1. The maximum atomic E-state index is 13.8. The molecule has 35 heavy (non-hydrogen) atoms. The molecule has 0 spiro atoms. The molecule has 1 saturated heterocycles. The smallest absolute Gasteiger partial charge is 0.274 e. The molecule has 8 nitrogen and oxygen atoms in total. The zero-order valence-electron chi connectivity index (χ0n) is 19.1. The third-order valence-corrected chi connectivity index (χ3v) is 6.88. The standard InChI is InChI=1S/C27H26N2O6/c30-15-23-21-4-2-1-3-17(21)7-8-22(23)24-16-35-25-13-19(26(31)28-33)5-6-20(25)14-29(24)27(32)18-9-11-34-12-10-18/h1-8,13,15,18,24,33H,9-12,14,16H2,(H,28,31)/t24-/m0/s1. The molecule has 1 atom stereocenters. The highest BCUT2D eigenvalue weighted by Gasteiger charge is 2.36. The molecule has 8 heteroatoms. The van der Waals surface area contributed by atoms with E-state index in [0.29, 0.717) is 37.4 Å². The van der Waals surface area contributed by atoms with Gasteiger partial charge in [0.1, 0.15) is 12.4 Å². The first-order valence-corrected chi connectivity index (χ1v) is 11.7. The minimum absolute atomic E-state index is 0.00284. The third kappa shape index (κ3) is 4.38. The van der Waals surface area contributed by atoms with E-state index >= 15 is 0 Å². The van der Waals surface area contributed by atoms with E-state index < -0.39 is 11.9 Å². The molecule has 0 aromatic heterocycles. The number of rotatable bonds is 4. The summed E-state index contributed by atoms with van der Waals surface area (Å²) in [5.41, 5.74) is 3.88. The van der Waals surface area contributed by atoms with Gasteiger partial charge in [0.25, 0.3) is 5.91 Å². The number of nitrogens with zero attached hydrogens (tertiary/aromatic N) is 1. The van der Waals surface area contributed by atoms with Gasteiger partial charge in [-0.3, -0.25) is 19.6 Å². The summed E-state index contributed by atoms with van der Waals surface area (Å²) < 4.78 is 11.6. The molecule has 0 unspecified atom stereocenters. The molecule has 0 radical (unpaired) electrons. The van der Waals surface area contributed by atoms with E-state index in [2.05, 4.69) is 0 Å². The molecule has 2 aliphatic heterocycles. The SMILES string of the molecule is O=Cc1c([C@@H]2COc3cc(C(=O)NO)ccc3CN2C(=O)C2CCOCC2)ccc2ccccc12. The highest BCUT2D eigenvalue weighted by molar-refractivity contribution is 6.00. The normalized spacial score (nSPS) is 18.3. The number of amides is 2. The second-order valence-electron chi connectivity index (χ2n) is 8.85. The van der Waals surface area contributed by atoms with Crippen LogP contribution in [0.2, 0.25) is 0 Å². The van der Waals surface area contributed by atoms with Crippen molar-refractivity contribution in [3.05, 3.63) is 76.9 Å². The summed E-state index contributed by atoms with van der Waals surface area (Å²) >= 11 is 0. The van der Waals surface area contributed by atoms with Crippen LogP contribution in [-0.4, -0.2) is 48.0 Å². The van der Waals surface area contributed by atoms with Crippen LogP contribution in [0.3, 0.4) is 0 Å². The van der Waals surface area contributed by atoms with Gasteiger partial charge in [0.15, 0.2) is 6.29 Å². The molecule has 3 aromatic carbocycles. The van der Waals surface area contributed by atoms with Gasteiger partial charge in [-0.25, -0.2) is 5.48 Å². The van der Waals surface area contributed by atoms with Crippen LogP contribution < -0.4 is 10.2 Å². The van der Waals surface area contributed by atoms with E-state index in [1.165, 1.54) is 0 Å². The zero-order chi connectivity index (χ0) is 24.4. The van der Waals surface area contributed by atoms with Gasteiger partial charge in [-0.1, -0.05) is 42.5 Å². The molecule has 2 N–H and O–H groups in total. The summed E-state index contributed by atoms with van der Waals surface area (Å²) in [6.07, 6.45) is 2.13. The first-order valence-electron chi connectivity index (χ1n) is 11.7. The summed E-state index contributed by atoms with van der Waals surface area (Å²) in [6, 6.07) is 15.9. The topological polar surface area (TPSA) is 105 Å². The van der Waals surface area contributed by atoms with Crippen LogP contribution in [0.5, 0.6) is 5.75 Å². The average Bonchev–Trinajstić information content (AvgIpc) is 3.11. The summed E-state index contributed by atoms with van der Waals surface area (Å²) in [5, 5.41) is 10.8. The number of aldehydes is 1. The summed E-state index contributed by atoms with van der Waals surface area (Å²) in [6.45, 7) is 1.46. The molecule has 0 bridgehead atoms. The Bertz CT molecular complexity index is 1280. The fraction of sp³-hybridized carbons (Fsp3) is 0.296. The fourth-order valence-electron chi connectivity index (χ4n) is 4.98. The first-order chi connectivity index (χ1) is 17.1. The Labute approximate surface area is 202 Å². The molecule has 2 aliphatic rings. The van der Waals surface area contributed by atoms with Gasteiger partial charge in [0.05, 0.1) is 12.6 Å². The minimum Gasteiger partial charge on any atom is -0.491 e. The maximum Gasteiger partial charge on any atom is 0.274 e. The molecule has 5 rings (SSSR count). The van der Waals surface area contributed by atoms with Crippen molar-refractivity contribution in [3.8, 4) is 5.75 Å². The van der Waals surface area contributed by atoms with Gasteiger partial charge < -0.3 is 14.4 Å². The lowest BCUT2D eigenvalue weighted by Gasteiger charge is -2.34. The summed E-state index contributed by atoms with van der Waals surface area (Å²) in [7, 11) is 0. The van der Waals surface area contributed by atoms with Crippen LogP contribution in [0.4, 0.5) is 0 Å². The van der Waals surface area contributed by atoms with Crippen molar-refractivity contribution in [2.75, 3.05) is 19.8 Å². The molecule has 2 heterocycles. The quantitative estimate of drug-likeness (QED) is 0.340. The number of carbonyl (C=O) groups is 3. The number of hydrogen-bond donors (Lipinski definition) is 2. The van der Waals surface area contributed by atoms with Crippen molar-refractivity contribution < 1.29 is 29.1 Å². The second-order valence-corrected chi connectivity index (χ2v) is 8.85. The molecule has 0 aliphatic carbocycles. The second kappa shape index (κ2) is 9.85. The molecule has 180 valence electrons. The lowest BCUT2D eigenvalue weighted by molar-refractivity contribution is -0.142. The lowest BCUT2D eigenvalue weighted by atomic mass is 9.92. The van der Waals surface area contributed by atoms with Crippen LogP contribution in [0.1, 0.15) is 50.7 Å². The number of hydrogen-bond acceptors (Lipinski definition) is 6. The predicted octanol–water partition coefficient (Wildman–Crippen LogP) is 3.66. The Balaban J connectivity index is 1.59. The van der Waals surface area contributed by atoms with Crippen molar-refractivity contribution in [2.24, 2.45) is 5.92 Å². The third-order valence-electron chi connectivity index (χ3n) is 6.88.